The fourth-order valence-electron chi connectivity index (χ4n) is 2.21. The molecule has 0 bridgehead atoms. The van der Waals surface area contributed by atoms with Crippen LogP contribution in [0.25, 0.3) is 6.08 Å². The van der Waals surface area contributed by atoms with Gasteiger partial charge in [-0.2, -0.15) is 0 Å². The van der Waals surface area contributed by atoms with Crippen molar-refractivity contribution in [3.05, 3.63) is 71.3 Å². The first-order valence-electron chi connectivity index (χ1n) is 6.71. The minimum Gasteiger partial charge on any atom is -0.278 e. The van der Waals surface area contributed by atoms with Crippen LogP contribution in [0.2, 0.25) is 0 Å². The highest BCUT2D eigenvalue weighted by Gasteiger charge is 2.16. The molecule has 0 aliphatic rings. The Morgan fingerprint density at radius 3 is 2.14 bits per heavy atom. The summed E-state index contributed by atoms with van der Waals surface area (Å²) in [5.74, 6) is -0.355. The van der Waals surface area contributed by atoms with Crippen molar-refractivity contribution >= 4 is 24.1 Å². The minimum absolute atomic E-state index is 0.355. The molecular formula is C18H17NO2. The van der Waals surface area contributed by atoms with E-state index in [1.807, 2.05) is 62.4 Å². The zero-order valence-electron chi connectivity index (χ0n) is 12.1. The quantitative estimate of drug-likeness (QED) is 0.634. The normalized spacial score (nSPS) is 10.6. The van der Waals surface area contributed by atoms with Crippen LogP contribution in [-0.2, 0) is 9.59 Å². The van der Waals surface area contributed by atoms with Crippen molar-refractivity contribution in [2.24, 2.45) is 0 Å². The summed E-state index contributed by atoms with van der Waals surface area (Å²) < 4.78 is 0. The van der Waals surface area contributed by atoms with Crippen molar-refractivity contribution in [1.29, 1.82) is 0 Å². The van der Waals surface area contributed by atoms with Crippen LogP contribution >= 0.6 is 0 Å². The van der Waals surface area contributed by atoms with Crippen LogP contribution in [0.1, 0.15) is 16.7 Å². The largest absolute Gasteiger partial charge is 0.278 e. The standard InChI is InChI=1S/C18H17NO2/c1-14-7-6-8-15(2)18(14)19(13-20)17(21)12-11-16-9-4-3-5-10-16/h3-13H,1-2H3/b12-11+. The first-order chi connectivity index (χ1) is 10.1. The summed E-state index contributed by atoms with van der Waals surface area (Å²) in [6, 6.07) is 15.2. The van der Waals surface area contributed by atoms with Crippen LogP contribution in [0.5, 0.6) is 0 Å². The number of para-hydroxylation sites is 1. The summed E-state index contributed by atoms with van der Waals surface area (Å²) in [4.78, 5) is 24.7. The number of imide groups is 1. The number of anilines is 1. The van der Waals surface area contributed by atoms with Crippen molar-refractivity contribution in [2.75, 3.05) is 4.90 Å². The molecule has 0 aliphatic heterocycles. The van der Waals surface area contributed by atoms with Crippen LogP contribution in [-0.4, -0.2) is 12.3 Å². The van der Waals surface area contributed by atoms with Gasteiger partial charge in [0.1, 0.15) is 0 Å². The molecule has 0 aliphatic carbocycles. The summed E-state index contributed by atoms with van der Waals surface area (Å²) >= 11 is 0. The average Bonchev–Trinajstić information content (AvgIpc) is 2.50. The second-order valence-electron chi connectivity index (χ2n) is 4.80. The third kappa shape index (κ3) is 3.45. The molecule has 0 N–H and O–H groups in total. The van der Waals surface area contributed by atoms with Crippen molar-refractivity contribution in [2.45, 2.75) is 13.8 Å². The summed E-state index contributed by atoms with van der Waals surface area (Å²) in [6.07, 6.45) is 3.68. The third-order valence-electron chi connectivity index (χ3n) is 3.24. The van der Waals surface area contributed by atoms with Gasteiger partial charge in [-0.05, 0) is 36.6 Å². The predicted molar refractivity (Wildman–Crippen MR) is 84.9 cm³/mol. The Morgan fingerprint density at radius 2 is 1.57 bits per heavy atom. The van der Waals surface area contributed by atoms with Gasteiger partial charge in [0, 0.05) is 6.08 Å². The maximum atomic E-state index is 12.3. The van der Waals surface area contributed by atoms with Crippen LogP contribution in [0.3, 0.4) is 0 Å². The predicted octanol–water partition coefficient (Wildman–Crippen LogP) is 3.51. The first-order valence-corrected chi connectivity index (χ1v) is 6.71. The van der Waals surface area contributed by atoms with Crippen molar-refractivity contribution < 1.29 is 9.59 Å². The van der Waals surface area contributed by atoms with Gasteiger partial charge in [-0.3, -0.25) is 9.59 Å². The fourth-order valence-corrected chi connectivity index (χ4v) is 2.21. The van der Waals surface area contributed by atoms with Crippen molar-refractivity contribution in [3.63, 3.8) is 0 Å². The van der Waals surface area contributed by atoms with E-state index >= 15 is 0 Å². The van der Waals surface area contributed by atoms with Gasteiger partial charge in [0.25, 0.3) is 5.91 Å². The maximum absolute atomic E-state index is 12.3. The second kappa shape index (κ2) is 6.66. The molecule has 0 spiro atoms. The molecule has 0 saturated heterocycles. The zero-order valence-corrected chi connectivity index (χ0v) is 12.1. The Bertz CT molecular complexity index is 655. The van der Waals surface area contributed by atoms with Gasteiger partial charge in [-0.25, -0.2) is 4.90 Å². The molecule has 2 amide bonds. The molecule has 21 heavy (non-hydrogen) atoms. The monoisotopic (exact) mass is 279 g/mol. The van der Waals surface area contributed by atoms with E-state index in [-0.39, 0.29) is 5.91 Å². The molecule has 0 fully saturated rings. The number of aryl methyl sites for hydroxylation is 2. The number of benzene rings is 2. The van der Waals surface area contributed by atoms with Gasteiger partial charge in [-0.15, -0.1) is 0 Å². The van der Waals surface area contributed by atoms with Crippen LogP contribution in [0, 0.1) is 13.8 Å². The molecule has 0 heterocycles. The van der Waals surface area contributed by atoms with E-state index in [0.717, 1.165) is 21.6 Å². The second-order valence-corrected chi connectivity index (χ2v) is 4.80. The first kappa shape index (κ1) is 14.7. The molecule has 0 aromatic heterocycles. The Hall–Kier alpha value is -2.68. The number of nitrogens with zero attached hydrogens (tertiary/aromatic N) is 1. The number of carbonyl (C=O) groups excluding carboxylic acids is 2. The smallest absolute Gasteiger partial charge is 0.257 e. The zero-order chi connectivity index (χ0) is 15.2. The number of carbonyl (C=O) groups is 2. The molecule has 2 rings (SSSR count). The average molecular weight is 279 g/mol. The van der Waals surface area contributed by atoms with E-state index in [2.05, 4.69) is 0 Å². The molecule has 2 aromatic rings. The van der Waals surface area contributed by atoms with E-state index in [9.17, 15) is 9.59 Å². The van der Waals surface area contributed by atoms with Gasteiger partial charge >= 0.3 is 0 Å². The molecule has 3 nitrogen and oxygen atoms in total. The lowest BCUT2D eigenvalue weighted by molar-refractivity contribution is -0.118. The minimum atomic E-state index is -0.355. The van der Waals surface area contributed by atoms with Crippen LogP contribution in [0.15, 0.2) is 54.6 Å². The van der Waals surface area contributed by atoms with Gasteiger partial charge < -0.3 is 0 Å². The fraction of sp³-hybridized carbons (Fsp3) is 0.111. The molecular weight excluding hydrogens is 262 g/mol. The van der Waals surface area contributed by atoms with Crippen molar-refractivity contribution in [1.82, 2.24) is 0 Å². The Kier molecular flexibility index (Phi) is 4.67. The SMILES string of the molecule is Cc1cccc(C)c1N(C=O)C(=O)/C=C/c1ccccc1. The molecule has 0 radical (unpaired) electrons. The van der Waals surface area contributed by atoms with E-state index in [0.29, 0.717) is 12.1 Å². The Balaban J connectivity index is 2.28. The number of rotatable bonds is 4. The van der Waals surface area contributed by atoms with E-state index in [1.54, 1.807) is 6.08 Å². The van der Waals surface area contributed by atoms with Gasteiger partial charge in [0.05, 0.1) is 5.69 Å². The number of hydrogen-bond acceptors (Lipinski definition) is 2. The molecule has 0 atom stereocenters. The van der Waals surface area contributed by atoms with Crippen LogP contribution in [0.4, 0.5) is 5.69 Å². The Morgan fingerprint density at radius 1 is 0.952 bits per heavy atom. The third-order valence-corrected chi connectivity index (χ3v) is 3.24. The van der Waals surface area contributed by atoms with Gasteiger partial charge in [-0.1, -0.05) is 48.5 Å². The molecule has 0 saturated carbocycles. The summed E-state index contributed by atoms with van der Waals surface area (Å²) in [5.41, 5.74) is 3.35. The summed E-state index contributed by atoms with van der Waals surface area (Å²) in [7, 11) is 0. The highest BCUT2D eigenvalue weighted by Crippen LogP contribution is 2.23. The molecule has 2 aromatic carbocycles. The highest BCUT2D eigenvalue weighted by molar-refractivity contribution is 6.14. The molecule has 0 unspecified atom stereocenters. The van der Waals surface area contributed by atoms with E-state index in [4.69, 9.17) is 0 Å². The number of amides is 2. The maximum Gasteiger partial charge on any atom is 0.257 e. The lowest BCUT2D eigenvalue weighted by atomic mass is 10.1. The molecule has 106 valence electrons. The lowest BCUT2D eigenvalue weighted by Crippen LogP contribution is -2.28. The number of hydrogen-bond donors (Lipinski definition) is 0. The Labute approximate surface area is 124 Å². The van der Waals surface area contributed by atoms with Gasteiger partial charge in [0.2, 0.25) is 6.41 Å². The van der Waals surface area contributed by atoms with E-state index < -0.39 is 0 Å². The van der Waals surface area contributed by atoms with Crippen LogP contribution < -0.4 is 4.90 Å². The topological polar surface area (TPSA) is 37.4 Å². The van der Waals surface area contributed by atoms with Crippen molar-refractivity contribution in [3.8, 4) is 0 Å². The summed E-state index contributed by atoms with van der Waals surface area (Å²) in [5, 5.41) is 0. The molecule has 3 heteroatoms. The van der Waals surface area contributed by atoms with Gasteiger partial charge in [0.15, 0.2) is 0 Å². The lowest BCUT2D eigenvalue weighted by Gasteiger charge is -2.18. The summed E-state index contributed by atoms with van der Waals surface area (Å²) in [6.45, 7) is 3.76. The highest BCUT2D eigenvalue weighted by atomic mass is 16.2. The van der Waals surface area contributed by atoms with E-state index in [1.165, 1.54) is 6.08 Å².